The number of alkyl halides is 2. The number of nitrogens with one attached hydrogen (secondary N) is 1. The summed E-state index contributed by atoms with van der Waals surface area (Å²) < 4.78 is 51.1. The van der Waals surface area contributed by atoms with Crippen molar-refractivity contribution in [3.05, 3.63) is 198 Å². The number of thiol groups is 2. The number of aromatic nitrogens is 10. The number of fused-ring (bicyclic) bond motifs is 5. The lowest BCUT2D eigenvalue weighted by atomic mass is 9.99. The summed E-state index contributed by atoms with van der Waals surface area (Å²) in [5, 5.41) is 23.2. The van der Waals surface area contributed by atoms with Crippen LogP contribution >= 0.6 is 117 Å². The molecule has 10 heterocycles. The molecule has 15 rings (SSSR count). The molecule has 0 spiro atoms. The number of nitrogens with zero attached hydrogens (tertiary/aromatic N) is 9. The van der Waals surface area contributed by atoms with Crippen molar-refractivity contribution in [2.45, 2.75) is 174 Å². The molecule has 514 valence electrons. The highest BCUT2D eigenvalue weighted by molar-refractivity contribution is 8.06. The third kappa shape index (κ3) is 26.5. The Morgan fingerprint density at radius 2 is 1.02 bits per heavy atom. The number of hydrogen-bond donors (Lipinski definition) is 5. The molecule has 2 unspecified atom stereocenters. The molecule has 0 bridgehead atoms. The standard InChI is InChI=1S/2C13H16N2OS.C13H16N2S.C12H14N2S.C8H10S.C5H6N2O.CH4BF.2CH5BS.CH2Cl2.ClH/c2*1-15-8-14-7-10(15)13(16)12-6-9-4-2-3-5-11(9)17-12;1-15-9-14-8-11(15)7-12-6-10-4-2-3-5-13(10)16-12;1-2-4-12-9(3-1)5-11(15-12)6-10-7-13-8-14-10;1-2-4-8-7(3-1)5-6-9-8;1-7-4-6-2-5(7)3-8;3*1-2-3;2-1-3;/h2*6-8,13,16H,2-5H2,1H3;6,8-9H,2-5,7H2,1H3;5,7-8H,1-4,6H2,(H,13,14);5-6H,1-4H2;2-4H,1H3;2H,1H3;2*2-3H,1H3;1H2;1H/i8T;;;;;4T;2T;2*2D;;. The molecule has 3 N–H and O–H groups in total. The molecular formula is C68H95B3Cl3FN10O3S7. The van der Waals surface area contributed by atoms with Crippen LogP contribution in [0, 0.1) is 0 Å². The van der Waals surface area contributed by atoms with Crippen LogP contribution in [-0.2, 0) is 105 Å². The highest BCUT2D eigenvalue weighted by Gasteiger charge is 2.23. The van der Waals surface area contributed by atoms with Crippen LogP contribution in [0.25, 0.3) is 0 Å². The lowest BCUT2D eigenvalue weighted by Gasteiger charge is -2.08. The molecule has 0 aliphatic heterocycles. The number of aliphatic hydroxyl groups excluding tert-OH is 2. The molecule has 2 atom stereocenters. The molecule has 95 heavy (non-hydrogen) atoms. The van der Waals surface area contributed by atoms with E-state index in [0.717, 1.165) is 41.1 Å². The number of carbonyl (C=O) groups excluding carboxylic acids is 1. The molecular weight excluding hydrogens is 1390 g/mol. The lowest BCUT2D eigenvalue weighted by Crippen LogP contribution is -2.03. The van der Waals surface area contributed by atoms with Crippen molar-refractivity contribution in [1.82, 2.24) is 48.2 Å². The van der Waals surface area contributed by atoms with E-state index in [4.69, 9.17) is 30.0 Å². The smallest absolute Gasteiger partial charge is 0.328 e. The van der Waals surface area contributed by atoms with Gasteiger partial charge >= 0.3 is 7.52 Å². The Bertz CT molecular complexity index is 3800. The Kier molecular flexibility index (Phi) is 35.2. The minimum atomic E-state index is -1.42. The van der Waals surface area contributed by atoms with Gasteiger partial charge in [0.15, 0.2) is 19.3 Å². The minimum Gasteiger partial charge on any atom is -0.381 e. The quantitative estimate of drug-likeness (QED) is 0.0414. The van der Waals surface area contributed by atoms with Gasteiger partial charge in [0.2, 0.25) is 0 Å². The van der Waals surface area contributed by atoms with Gasteiger partial charge in [-0.1, -0.05) is 20.5 Å². The van der Waals surface area contributed by atoms with Crippen LogP contribution in [0.15, 0.2) is 98.3 Å². The molecule has 10 aromatic heterocycles. The molecule has 27 heteroatoms. The Balaban J connectivity index is 0.000000210. The first-order chi connectivity index (χ1) is 47.5. The van der Waals surface area contributed by atoms with Gasteiger partial charge in [0.25, 0.3) is 0 Å². The summed E-state index contributed by atoms with van der Waals surface area (Å²) in [6.45, 7) is 4.12. The number of aromatic amines is 1. The molecule has 0 fully saturated rings. The van der Waals surface area contributed by atoms with Gasteiger partial charge in [0.1, 0.15) is 20.6 Å². The summed E-state index contributed by atoms with van der Waals surface area (Å²) in [4.78, 5) is 45.8. The average molecular weight is 1490 g/mol. The van der Waals surface area contributed by atoms with Crippen LogP contribution in [-0.4, -0.2) is 94.6 Å². The first-order valence-corrected chi connectivity index (χ1v) is 38.3. The number of imidazole rings is 5. The van der Waals surface area contributed by atoms with E-state index >= 15 is 0 Å². The molecule has 13 nitrogen and oxygen atoms in total. The van der Waals surface area contributed by atoms with Crippen LogP contribution < -0.4 is 0 Å². The topological polar surface area (TPSA) is 157 Å². The molecule has 0 amide bonds. The van der Waals surface area contributed by atoms with Crippen molar-refractivity contribution >= 4 is 144 Å². The Morgan fingerprint density at radius 3 is 1.40 bits per heavy atom. The normalized spacial score (nSPS) is 14.7. The van der Waals surface area contributed by atoms with Gasteiger partial charge < -0.3 is 37.8 Å². The molecule has 0 aromatic carbocycles. The van der Waals surface area contributed by atoms with Gasteiger partial charge in [-0.15, -0.1) is 92.3 Å². The first kappa shape index (κ1) is 73.5. The number of aldehydes is 1. The van der Waals surface area contributed by atoms with Crippen LogP contribution in [0.2, 0.25) is 20.5 Å². The number of aryl methyl sites for hydroxylation is 12. The van der Waals surface area contributed by atoms with Gasteiger partial charge in [-0.25, -0.2) is 49.9 Å². The maximum atomic E-state index is 10.7. The Hall–Kier alpha value is -4.17. The number of carbonyl (C=O) groups is 1. The fraction of sp³-hybridized carbons (Fsp3) is 0.471. The van der Waals surface area contributed by atoms with E-state index in [9.17, 15) is 19.3 Å². The van der Waals surface area contributed by atoms with E-state index in [1.54, 1.807) is 111 Å². The molecule has 10 aromatic rings. The fourth-order valence-electron chi connectivity index (χ4n) is 11.2. The predicted molar refractivity (Wildman–Crippen MR) is 417 cm³/mol. The van der Waals surface area contributed by atoms with Crippen molar-refractivity contribution in [3.8, 4) is 0 Å². The largest absolute Gasteiger partial charge is 0.381 e. The first-order valence-electron chi connectivity index (χ1n) is 34.8. The zero-order valence-electron chi connectivity index (χ0n) is 60.6. The zero-order chi connectivity index (χ0) is 72.0. The van der Waals surface area contributed by atoms with Gasteiger partial charge in [0.05, 0.1) is 66.9 Å². The number of hydrogen-bond acceptors (Lipinski definition) is 15. The second-order valence-electron chi connectivity index (χ2n) is 22.7. The maximum Gasteiger partial charge on any atom is 0.328 e. The third-order valence-electron chi connectivity index (χ3n) is 15.9. The molecule has 5 aliphatic carbocycles. The van der Waals surface area contributed by atoms with Gasteiger partial charge in [-0.3, -0.25) is 4.79 Å². The number of rotatable bonds is 9. The number of aliphatic hydroxyl groups is 2. The highest BCUT2D eigenvalue weighted by Crippen LogP contribution is 2.37. The van der Waals surface area contributed by atoms with E-state index in [1.807, 2.05) is 64.3 Å². The second kappa shape index (κ2) is 45.5. The fourth-order valence-corrected chi connectivity index (χ4v) is 17.3. The lowest BCUT2D eigenvalue weighted by molar-refractivity contribution is 0.111. The van der Waals surface area contributed by atoms with Crippen molar-refractivity contribution in [1.29, 1.82) is 4.01 Å². The van der Waals surface area contributed by atoms with Gasteiger partial charge in [-0.2, -0.15) is 0 Å². The molecule has 0 saturated heterocycles. The van der Waals surface area contributed by atoms with E-state index in [1.165, 1.54) is 175 Å². The maximum absolute atomic E-state index is 10.7. The summed E-state index contributed by atoms with van der Waals surface area (Å²) in [7, 11) is 5.95. The van der Waals surface area contributed by atoms with E-state index < -0.39 is 19.7 Å². The summed E-state index contributed by atoms with van der Waals surface area (Å²) in [5.41, 5.74) is 12.2. The van der Waals surface area contributed by atoms with Crippen molar-refractivity contribution in [2.75, 3.05) is 5.34 Å². The van der Waals surface area contributed by atoms with E-state index in [2.05, 4.69) is 102 Å². The summed E-state index contributed by atoms with van der Waals surface area (Å²) >= 11 is 26.2. The summed E-state index contributed by atoms with van der Waals surface area (Å²) in [6.07, 6.45) is 41.6. The van der Waals surface area contributed by atoms with Gasteiger partial charge in [0, 0.05) is 110 Å². The molecule has 5 aliphatic rings. The zero-order valence-corrected chi connectivity index (χ0v) is 63.8. The molecule has 0 radical (unpaired) electrons. The average Bonchev–Trinajstić information content (AvgIpc) is 1.68. The van der Waals surface area contributed by atoms with Gasteiger partial charge in [-0.05, 0) is 195 Å². The SMILES string of the molecule is Cl.ClCCl.Cn1cncc1C(O)c1cc2c(s1)CCCC2.Cn1cncc1Cc1cc2c(s1)CCCC2.[2H]B(C)S.[2H]B(C)S.[3H]B(C)F.[3H]c1ncc(C(O)c2cc3c(s2)CCCC3)n1C.[3H]c1ncc(C=O)n1C.c1cc2c(s1)CCCC2.c1ncc(Cc2cc3c(s2)CCCC3)[nH]1. The highest BCUT2D eigenvalue weighted by atomic mass is 35.5. The van der Waals surface area contributed by atoms with Crippen LogP contribution in [0.5, 0.6) is 0 Å². The Morgan fingerprint density at radius 1 is 0.611 bits per heavy atom. The van der Waals surface area contributed by atoms with Crippen LogP contribution in [0.4, 0.5) is 4.32 Å². The van der Waals surface area contributed by atoms with Crippen molar-refractivity contribution in [3.63, 3.8) is 0 Å². The van der Waals surface area contributed by atoms with E-state index in [0.29, 0.717) is 17.7 Å². The molecule has 0 saturated carbocycles. The second-order valence-corrected chi connectivity index (χ2v) is 30.3. The summed E-state index contributed by atoms with van der Waals surface area (Å²) in [6, 6.07) is 11.4. The summed E-state index contributed by atoms with van der Waals surface area (Å²) in [5.74, 6) is 0. The number of H-pyrrole nitrogens is 1. The predicted octanol–water partition coefficient (Wildman–Crippen LogP) is 16.5. The number of thiophene rings is 5. The minimum absolute atomic E-state index is 0. The number of halogens is 4. The van der Waals surface area contributed by atoms with E-state index in [-0.39, 0.29) is 43.4 Å². The Labute approximate surface area is 619 Å². The monoisotopic (exact) mass is 1490 g/mol. The van der Waals surface area contributed by atoms with Crippen LogP contribution in [0.1, 0.15) is 184 Å². The third-order valence-corrected chi connectivity index (χ3v) is 22.0. The van der Waals surface area contributed by atoms with Crippen molar-refractivity contribution < 1.29 is 22.1 Å². The van der Waals surface area contributed by atoms with Crippen molar-refractivity contribution in [2.24, 2.45) is 28.2 Å². The van der Waals surface area contributed by atoms with Crippen LogP contribution in [0.3, 0.4) is 0 Å².